The fourth-order valence-corrected chi connectivity index (χ4v) is 2.02. The van der Waals surface area contributed by atoms with E-state index in [9.17, 15) is 9.90 Å². The number of ether oxygens (including phenoxy) is 2. The normalized spacial score (nSPS) is 12.0. The van der Waals surface area contributed by atoms with Crippen molar-refractivity contribution in [3.05, 3.63) is 23.8 Å². The van der Waals surface area contributed by atoms with Gasteiger partial charge in [-0.25, -0.2) is 0 Å². The van der Waals surface area contributed by atoms with Gasteiger partial charge < -0.3 is 19.9 Å². The van der Waals surface area contributed by atoms with Gasteiger partial charge in [-0.2, -0.15) is 0 Å². The van der Waals surface area contributed by atoms with E-state index in [0.717, 1.165) is 12.8 Å². The number of hydrogen-bond acceptors (Lipinski definition) is 4. The van der Waals surface area contributed by atoms with Crippen LogP contribution in [0, 0.1) is 0 Å². The van der Waals surface area contributed by atoms with E-state index in [2.05, 4.69) is 12.2 Å². The van der Waals surface area contributed by atoms with Crippen LogP contribution in [0.4, 0.5) is 0 Å². The maximum absolute atomic E-state index is 11.4. The van der Waals surface area contributed by atoms with E-state index >= 15 is 0 Å². The summed E-state index contributed by atoms with van der Waals surface area (Å²) in [5.74, 6) is 0.332. The van der Waals surface area contributed by atoms with Crippen molar-refractivity contribution in [2.75, 3.05) is 19.8 Å². The molecule has 0 spiro atoms. The first-order valence-corrected chi connectivity index (χ1v) is 7.49. The first kappa shape index (κ1) is 17.3. The summed E-state index contributed by atoms with van der Waals surface area (Å²) in [4.78, 5) is 11.4. The predicted molar refractivity (Wildman–Crippen MR) is 82.1 cm³/mol. The highest BCUT2D eigenvalue weighted by atomic mass is 16.5. The molecule has 0 aliphatic carbocycles. The van der Waals surface area contributed by atoms with E-state index in [1.807, 2.05) is 13.8 Å². The number of rotatable bonds is 10. The van der Waals surface area contributed by atoms with Crippen LogP contribution in [0.1, 0.15) is 45.2 Å². The molecule has 1 rings (SSSR count). The Balaban J connectivity index is 2.96. The van der Waals surface area contributed by atoms with Gasteiger partial charge in [0.25, 0.3) is 0 Å². The second-order valence-electron chi connectivity index (χ2n) is 4.65. The van der Waals surface area contributed by atoms with E-state index in [4.69, 9.17) is 9.47 Å². The van der Waals surface area contributed by atoms with Crippen LogP contribution in [0.25, 0.3) is 0 Å². The van der Waals surface area contributed by atoms with Crippen molar-refractivity contribution in [3.63, 3.8) is 0 Å². The molecule has 1 atom stereocenters. The van der Waals surface area contributed by atoms with Gasteiger partial charge in [0, 0.05) is 0 Å². The van der Waals surface area contributed by atoms with E-state index in [1.165, 1.54) is 0 Å². The van der Waals surface area contributed by atoms with Crippen molar-refractivity contribution < 1.29 is 19.4 Å². The van der Waals surface area contributed by atoms with Gasteiger partial charge in [0.15, 0.2) is 11.5 Å². The molecule has 1 aromatic carbocycles. The zero-order valence-electron chi connectivity index (χ0n) is 13.0. The molecule has 2 N–H and O–H groups in total. The molecule has 1 aromatic rings. The Hall–Kier alpha value is -1.75. The zero-order chi connectivity index (χ0) is 15.7. The number of nitrogens with one attached hydrogen (secondary N) is 1. The summed E-state index contributed by atoms with van der Waals surface area (Å²) in [6.07, 6.45) is 1.96. The summed E-state index contributed by atoms with van der Waals surface area (Å²) in [5.41, 5.74) is 0.672. The third-order valence-corrected chi connectivity index (χ3v) is 3.03. The molecule has 0 heterocycles. The van der Waals surface area contributed by atoms with Crippen LogP contribution >= 0.6 is 0 Å². The third kappa shape index (κ3) is 5.27. The van der Waals surface area contributed by atoms with Gasteiger partial charge in [0.05, 0.1) is 13.2 Å². The lowest BCUT2D eigenvalue weighted by Crippen LogP contribution is -2.29. The largest absolute Gasteiger partial charge is 0.490 e. The molecular formula is C16H25NO4. The fourth-order valence-electron chi connectivity index (χ4n) is 2.02. The molecule has 0 aliphatic heterocycles. The Kier molecular flexibility index (Phi) is 7.61. The first-order chi connectivity index (χ1) is 10.1. The Bertz CT molecular complexity index is 448. The first-order valence-electron chi connectivity index (χ1n) is 7.49. The molecule has 0 bridgehead atoms. The number of aliphatic carboxylic acids is 1. The highest BCUT2D eigenvalue weighted by Gasteiger charge is 2.20. The van der Waals surface area contributed by atoms with Crippen LogP contribution in [-0.4, -0.2) is 30.8 Å². The smallest absolute Gasteiger partial charge is 0.325 e. The van der Waals surface area contributed by atoms with Gasteiger partial charge in [0.1, 0.15) is 6.04 Å². The highest BCUT2D eigenvalue weighted by molar-refractivity contribution is 5.76. The van der Waals surface area contributed by atoms with E-state index in [1.54, 1.807) is 18.2 Å². The third-order valence-electron chi connectivity index (χ3n) is 3.03. The number of carbonyl (C=O) groups is 1. The van der Waals surface area contributed by atoms with Gasteiger partial charge >= 0.3 is 5.97 Å². The molecule has 5 heteroatoms. The second kappa shape index (κ2) is 9.23. The van der Waals surface area contributed by atoms with Gasteiger partial charge in [0.2, 0.25) is 0 Å². The van der Waals surface area contributed by atoms with Gasteiger partial charge in [-0.05, 0) is 44.5 Å². The molecule has 0 radical (unpaired) electrons. The molecule has 0 saturated heterocycles. The molecule has 0 aromatic heterocycles. The van der Waals surface area contributed by atoms with Gasteiger partial charge in [-0.3, -0.25) is 4.79 Å². The Morgan fingerprint density at radius 2 is 1.86 bits per heavy atom. The molecule has 0 aliphatic rings. The van der Waals surface area contributed by atoms with Crippen molar-refractivity contribution in [1.29, 1.82) is 0 Å². The van der Waals surface area contributed by atoms with Gasteiger partial charge in [-0.1, -0.05) is 19.4 Å². The lowest BCUT2D eigenvalue weighted by molar-refractivity contribution is -0.139. The monoisotopic (exact) mass is 295 g/mol. The molecule has 21 heavy (non-hydrogen) atoms. The van der Waals surface area contributed by atoms with Crippen molar-refractivity contribution in [2.24, 2.45) is 0 Å². The van der Waals surface area contributed by atoms with Crippen molar-refractivity contribution in [1.82, 2.24) is 5.32 Å². The standard InChI is InChI=1S/C16H25NO4/c1-4-7-10-17-15(16(18)19)12-8-9-13(20-5-2)14(11-12)21-6-3/h8-9,11,15,17H,4-7,10H2,1-3H3,(H,18,19). The lowest BCUT2D eigenvalue weighted by Gasteiger charge is -2.17. The Labute approximate surface area is 126 Å². The van der Waals surface area contributed by atoms with Crippen LogP contribution in [-0.2, 0) is 4.79 Å². The maximum atomic E-state index is 11.4. The van der Waals surface area contributed by atoms with Crippen LogP contribution in [0.3, 0.4) is 0 Å². The quantitative estimate of drug-likeness (QED) is 0.649. The highest BCUT2D eigenvalue weighted by Crippen LogP contribution is 2.30. The molecule has 5 nitrogen and oxygen atoms in total. The molecule has 1 unspecified atom stereocenters. The average Bonchev–Trinajstić information content (AvgIpc) is 2.46. The zero-order valence-corrected chi connectivity index (χ0v) is 13.0. The minimum absolute atomic E-state index is 0.504. The van der Waals surface area contributed by atoms with Crippen molar-refractivity contribution in [2.45, 2.75) is 39.7 Å². The molecule has 0 saturated carbocycles. The molecule has 0 amide bonds. The van der Waals surface area contributed by atoms with E-state index < -0.39 is 12.0 Å². The molecule has 118 valence electrons. The summed E-state index contributed by atoms with van der Waals surface area (Å²) in [5, 5.41) is 12.4. The summed E-state index contributed by atoms with van der Waals surface area (Å²) >= 11 is 0. The lowest BCUT2D eigenvalue weighted by atomic mass is 10.1. The Morgan fingerprint density at radius 1 is 1.19 bits per heavy atom. The number of carboxylic acids is 1. The van der Waals surface area contributed by atoms with E-state index in [-0.39, 0.29) is 0 Å². The van der Waals surface area contributed by atoms with E-state index in [0.29, 0.717) is 36.8 Å². The Morgan fingerprint density at radius 3 is 2.43 bits per heavy atom. The maximum Gasteiger partial charge on any atom is 0.325 e. The SMILES string of the molecule is CCCCNC(C(=O)O)c1ccc(OCC)c(OCC)c1. The van der Waals surface area contributed by atoms with Crippen LogP contribution in [0.2, 0.25) is 0 Å². The summed E-state index contributed by atoms with van der Waals surface area (Å²) < 4.78 is 11.0. The average molecular weight is 295 g/mol. The minimum Gasteiger partial charge on any atom is -0.490 e. The van der Waals surface area contributed by atoms with Crippen LogP contribution in [0.5, 0.6) is 11.5 Å². The number of benzene rings is 1. The van der Waals surface area contributed by atoms with Crippen molar-refractivity contribution >= 4 is 5.97 Å². The van der Waals surface area contributed by atoms with Gasteiger partial charge in [-0.15, -0.1) is 0 Å². The van der Waals surface area contributed by atoms with Crippen LogP contribution in [0.15, 0.2) is 18.2 Å². The number of carboxylic acid groups (broad SMARTS) is 1. The predicted octanol–water partition coefficient (Wildman–Crippen LogP) is 3.00. The number of unbranched alkanes of at least 4 members (excludes halogenated alkanes) is 1. The van der Waals surface area contributed by atoms with Crippen LogP contribution < -0.4 is 14.8 Å². The second-order valence-corrected chi connectivity index (χ2v) is 4.65. The molecular weight excluding hydrogens is 270 g/mol. The minimum atomic E-state index is -0.891. The summed E-state index contributed by atoms with van der Waals surface area (Å²) in [6, 6.07) is 4.55. The summed E-state index contributed by atoms with van der Waals surface area (Å²) in [7, 11) is 0. The summed E-state index contributed by atoms with van der Waals surface area (Å²) in [6.45, 7) is 7.57. The number of hydrogen-bond donors (Lipinski definition) is 2. The molecule has 0 fully saturated rings. The van der Waals surface area contributed by atoms with Crippen molar-refractivity contribution in [3.8, 4) is 11.5 Å². The topological polar surface area (TPSA) is 67.8 Å². The fraction of sp³-hybridized carbons (Fsp3) is 0.562.